The molecule has 3 nitrogen and oxygen atoms in total. The van der Waals surface area contributed by atoms with Crippen molar-refractivity contribution in [1.82, 2.24) is 9.97 Å². The molecule has 0 bridgehead atoms. The average Bonchev–Trinajstić information content (AvgIpc) is 2.66. The maximum Gasteiger partial charge on any atom is 0.133 e. The summed E-state index contributed by atoms with van der Waals surface area (Å²) in [4.78, 5) is 9.96. The summed E-state index contributed by atoms with van der Waals surface area (Å²) in [5.41, 5.74) is 5.98. The van der Waals surface area contributed by atoms with Gasteiger partial charge in [0.25, 0.3) is 0 Å². The summed E-state index contributed by atoms with van der Waals surface area (Å²) in [6.45, 7) is 6.43. The van der Waals surface area contributed by atoms with Gasteiger partial charge in [-0.15, -0.1) is 0 Å². The number of nitrogens with zero attached hydrogens (tertiary/aromatic N) is 2. The van der Waals surface area contributed by atoms with Gasteiger partial charge < -0.3 is 4.74 Å². The Hall–Kier alpha value is -2.94. The third kappa shape index (κ3) is 2.57. The van der Waals surface area contributed by atoms with E-state index in [1.807, 2.05) is 24.3 Å². The first-order chi connectivity index (χ1) is 13.0. The summed E-state index contributed by atoms with van der Waals surface area (Å²) in [5.74, 6) is 0.967. The summed E-state index contributed by atoms with van der Waals surface area (Å²) >= 11 is 0. The fourth-order valence-electron chi connectivity index (χ4n) is 4.27. The molecule has 0 spiro atoms. The number of rotatable bonds is 1. The van der Waals surface area contributed by atoms with Crippen LogP contribution in [0, 0.1) is 0 Å². The van der Waals surface area contributed by atoms with Gasteiger partial charge in [0, 0.05) is 16.3 Å². The molecular weight excluding hydrogens is 332 g/mol. The highest BCUT2D eigenvalue weighted by Gasteiger charge is 2.32. The molecule has 2 heterocycles. The molecule has 1 aromatic heterocycles. The largest absolute Gasteiger partial charge is 0.482 e. The second-order valence-corrected chi connectivity index (χ2v) is 7.90. The molecule has 1 atom stereocenters. The van der Waals surface area contributed by atoms with Crippen LogP contribution in [0.1, 0.15) is 32.8 Å². The Morgan fingerprint density at radius 2 is 1.56 bits per heavy atom. The molecule has 1 aliphatic rings. The van der Waals surface area contributed by atoms with Gasteiger partial charge in [-0.05, 0) is 51.8 Å². The van der Waals surface area contributed by atoms with E-state index in [2.05, 4.69) is 51.1 Å². The highest BCUT2D eigenvalue weighted by atomic mass is 16.5. The monoisotopic (exact) mass is 354 g/mol. The molecule has 1 aliphatic heterocycles. The van der Waals surface area contributed by atoms with Crippen molar-refractivity contribution in [3.8, 4) is 5.75 Å². The van der Waals surface area contributed by atoms with E-state index < -0.39 is 0 Å². The topological polar surface area (TPSA) is 35.0 Å². The van der Waals surface area contributed by atoms with Gasteiger partial charge in [-0.25, -0.2) is 9.97 Å². The highest BCUT2D eigenvalue weighted by molar-refractivity contribution is 6.10. The molecule has 1 unspecified atom stereocenters. The minimum absolute atomic E-state index is 0.285. The van der Waals surface area contributed by atoms with Crippen molar-refractivity contribution in [3.05, 3.63) is 65.7 Å². The Labute approximate surface area is 158 Å². The average molecular weight is 354 g/mol. The molecule has 0 radical (unpaired) electrons. The molecule has 27 heavy (non-hydrogen) atoms. The van der Waals surface area contributed by atoms with Gasteiger partial charge >= 0.3 is 0 Å². The third-order valence-electron chi connectivity index (χ3n) is 5.36. The van der Waals surface area contributed by atoms with Gasteiger partial charge in [-0.2, -0.15) is 0 Å². The lowest BCUT2D eigenvalue weighted by Crippen LogP contribution is -2.34. The number of fused-ring (bicyclic) bond motifs is 7. The molecule has 0 N–H and O–H groups in total. The Balaban J connectivity index is 1.88. The van der Waals surface area contributed by atoms with Crippen LogP contribution in [0.2, 0.25) is 0 Å². The number of para-hydroxylation sites is 2. The van der Waals surface area contributed by atoms with Gasteiger partial charge in [-0.3, -0.25) is 0 Å². The molecule has 5 rings (SSSR count). The van der Waals surface area contributed by atoms with Gasteiger partial charge in [-0.1, -0.05) is 42.0 Å². The van der Waals surface area contributed by atoms with Crippen molar-refractivity contribution in [2.45, 2.75) is 39.2 Å². The summed E-state index contributed by atoms with van der Waals surface area (Å²) < 4.78 is 6.62. The smallest absolute Gasteiger partial charge is 0.133 e. The first-order valence-electron chi connectivity index (χ1n) is 9.49. The standard InChI is InChI=1S/C24H22N2O/c1-15(2)14-24(3)13-12-18-22-21(25-19-10-6-7-11-20(19)26-22)16-8-4-5-9-17(16)23(18)27-24/h4-11,14H,12-13H2,1-3H3. The molecule has 0 saturated heterocycles. The maximum absolute atomic E-state index is 6.62. The fourth-order valence-corrected chi connectivity index (χ4v) is 4.27. The number of hydrogen-bond donors (Lipinski definition) is 0. The Morgan fingerprint density at radius 1 is 0.926 bits per heavy atom. The number of aromatic nitrogens is 2. The van der Waals surface area contributed by atoms with Crippen molar-refractivity contribution in [3.63, 3.8) is 0 Å². The quantitative estimate of drug-likeness (QED) is 0.239. The lowest BCUT2D eigenvalue weighted by molar-refractivity contribution is 0.116. The first-order valence-corrected chi connectivity index (χ1v) is 9.49. The molecule has 0 aliphatic carbocycles. The van der Waals surface area contributed by atoms with Crippen LogP contribution in [0.15, 0.2) is 60.2 Å². The summed E-state index contributed by atoms with van der Waals surface area (Å²) in [7, 11) is 0. The molecule has 0 fully saturated rings. The maximum atomic E-state index is 6.62. The minimum Gasteiger partial charge on any atom is -0.482 e. The zero-order valence-electron chi connectivity index (χ0n) is 15.9. The van der Waals surface area contributed by atoms with Gasteiger partial charge in [0.1, 0.15) is 11.4 Å². The van der Waals surface area contributed by atoms with Crippen LogP contribution in [0.3, 0.4) is 0 Å². The van der Waals surface area contributed by atoms with Crippen molar-refractivity contribution < 1.29 is 4.74 Å². The predicted octanol–water partition coefficient (Wildman–Crippen LogP) is 5.99. The van der Waals surface area contributed by atoms with E-state index in [1.54, 1.807) is 0 Å². The number of hydrogen-bond acceptors (Lipinski definition) is 3. The van der Waals surface area contributed by atoms with Crippen molar-refractivity contribution in [1.29, 1.82) is 0 Å². The zero-order valence-corrected chi connectivity index (χ0v) is 15.9. The van der Waals surface area contributed by atoms with E-state index in [-0.39, 0.29) is 5.60 Å². The lowest BCUT2D eigenvalue weighted by atomic mass is 9.88. The van der Waals surface area contributed by atoms with Crippen LogP contribution >= 0.6 is 0 Å². The number of aryl methyl sites for hydroxylation is 1. The number of allylic oxidation sites excluding steroid dienone is 1. The number of ether oxygens (including phenoxy) is 1. The van der Waals surface area contributed by atoms with Crippen LogP contribution in [0.4, 0.5) is 0 Å². The van der Waals surface area contributed by atoms with E-state index in [0.717, 1.165) is 51.4 Å². The van der Waals surface area contributed by atoms with Crippen LogP contribution in [0.25, 0.3) is 32.8 Å². The minimum atomic E-state index is -0.285. The summed E-state index contributed by atoms with van der Waals surface area (Å²) in [6, 6.07) is 16.5. The normalized spacial score (nSPS) is 19.1. The SMILES string of the molecule is CC(C)=CC1(C)CCc2c(c3ccccc3c3nc4ccccc4nc23)O1. The van der Waals surface area contributed by atoms with Crippen molar-refractivity contribution >= 4 is 32.8 Å². The van der Waals surface area contributed by atoms with Crippen LogP contribution in [0.5, 0.6) is 5.75 Å². The fraction of sp³-hybridized carbons (Fsp3) is 0.250. The van der Waals surface area contributed by atoms with E-state index in [9.17, 15) is 0 Å². The van der Waals surface area contributed by atoms with Crippen molar-refractivity contribution in [2.75, 3.05) is 0 Å². The highest BCUT2D eigenvalue weighted by Crippen LogP contribution is 2.44. The second-order valence-electron chi connectivity index (χ2n) is 7.90. The van der Waals surface area contributed by atoms with Gasteiger partial charge in [0.05, 0.1) is 22.1 Å². The molecule has 0 saturated carbocycles. The molecule has 3 heteroatoms. The van der Waals surface area contributed by atoms with Crippen LogP contribution in [-0.2, 0) is 6.42 Å². The van der Waals surface area contributed by atoms with Crippen LogP contribution < -0.4 is 4.74 Å². The second kappa shape index (κ2) is 5.78. The molecule has 3 aromatic carbocycles. The third-order valence-corrected chi connectivity index (χ3v) is 5.36. The Kier molecular flexibility index (Phi) is 3.48. The first kappa shape index (κ1) is 16.2. The van der Waals surface area contributed by atoms with Gasteiger partial charge in [0.2, 0.25) is 0 Å². The van der Waals surface area contributed by atoms with Crippen LogP contribution in [-0.4, -0.2) is 15.6 Å². The van der Waals surface area contributed by atoms with Gasteiger partial charge in [0.15, 0.2) is 0 Å². The molecule has 4 aromatic rings. The zero-order chi connectivity index (χ0) is 18.6. The lowest BCUT2D eigenvalue weighted by Gasteiger charge is -2.35. The van der Waals surface area contributed by atoms with E-state index >= 15 is 0 Å². The van der Waals surface area contributed by atoms with Crippen molar-refractivity contribution in [2.24, 2.45) is 0 Å². The Bertz CT molecular complexity index is 1240. The Morgan fingerprint density at radius 3 is 2.26 bits per heavy atom. The molecular formula is C24H22N2O. The molecule has 134 valence electrons. The molecule has 0 amide bonds. The number of benzene rings is 3. The summed E-state index contributed by atoms with van der Waals surface area (Å²) in [5, 5.41) is 2.23. The predicted molar refractivity (Wildman–Crippen MR) is 111 cm³/mol. The van der Waals surface area contributed by atoms with E-state index in [0.29, 0.717) is 0 Å². The van der Waals surface area contributed by atoms with E-state index in [4.69, 9.17) is 14.7 Å². The van der Waals surface area contributed by atoms with E-state index in [1.165, 1.54) is 11.1 Å². The summed E-state index contributed by atoms with van der Waals surface area (Å²) in [6.07, 6.45) is 4.11.